The van der Waals surface area contributed by atoms with E-state index in [-0.39, 0.29) is 21.8 Å². The van der Waals surface area contributed by atoms with Crippen molar-refractivity contribution in [3.63, 3.8) is 0 Å². The third-order valence-electron chi connectivity index (χ3n) is 5.84. The van der Waals surface area contributed by atoms with Crippen molar-refractivity contribution in [2.45, 2.75) is 47.4 Å². The van der Waals surface area contributed by atoms with E-state index in [4.69, 9.17) is 16.0 Å². The Morgan fingerprint density at radius 2 is 1.59 bits per heavy atom. The summed E-state index contributed by atoms with van der Waals surface area (Å²) in [5, 5.41) is 0.584. The first-order chi connectivity index (χ1) is 15.2. The number of nitrogens with one attached hydrogen (secondary N) is 1. The van der Waals surface area contributed by atoms with Gasteiger partial charge in [0.2, 0.25) is 20.0 Å². The molecule has 0 bridgehead atoms. The van der Waals surface area contributed by atoms with Crippen molar-refractivity contribution in [3.8, 4) is 0 Å². The van der Waals surface area contributed by atoms with E-state index < -0.39 is 20.0 Å². The van der Waals surface area contributed by atoms with Gasteiger partial charge in [0.15, 0.2) is 11.5 Å². The second-order valence-corrected chi connectivity index (χ2v) is 12.3. The van der Waals surface area contributed by atoms with Gasteiger partial charge in [-0.3, -0.25) is 0 Å². The number of hydrogen-bond donors (Lipinski definition) is 1. The van der Waals surface area contributed by atoms with Crippen LogP contribution < -0.4 is 4.72 Å². The van der Waals surface area contributed by atoms with Crippen LogP contribution in [0.15, 0.2) is 56.7 Å². The number of piperidine rings is 1. The minimum absolute atomic E-state index is 0.0112. The van der Waals surface area contributed by atoms with Gasteiger partial charge in [0.25, 0.3) is 0 Å². The number of nitrogens with zero attached hydrogens (tertiary/aromatic N) is 2. The Hall–Kier alpha value is -1.98. The van der Waals surface area contributed by atoms with Crippen LogP contribution in [0.5, 0.6) is 0 Å². The molecular formula is C21H22ClN3O5S2. The maximum atomic E-state index is 13.1. The van der Waals surface area contributed by atoms with E-state index in [9.17, 15) is 16.8 Å². The largest absolute Gasteiger partial charge is 0.440 e. The Morgan fingerprint density at radius 1 is 0.938 bits per heavy atom. The predicted molar refractivity (Wildman–Crippen MR) is 120 cm³/mol. The normalized spacial score (nSPS) is 18.9. The van der Waals surface area contributed by atoms with Gasteiger partial charge in [-0.1, -0.05) is 11.6 Å². The minimum atomic E-state index is -3.72. The van der Waals surface area contributed by atoms with Crippen LogP contribution in [0.2, 0.25) is 5.02 Å². The molecule has 1 aliphatic carbocycles. The Balaban J connectivity index is 1.28. The topological polar surface area (TPSA) is 110 Å². The Labute approximate surface area is 191 Å². The van der Waals surface area contributed by atoms with E-state index in [0.29, 0.717) is 47.9 Å². The first-order valence-corrected chi connectivity index (χ1v) is 13.7. The quantitative estimate of drug-likeness (QED) is 0.560. The third kappa shape index (κ3) is 4.29. The summed E-state index contributed by atoms with van der Waals surface area (Å²) in [6.07, 6.45) is 2.83. The fraction of sp³-hybridized carbons (Fsp3) is 0.381. The van der Waals surface area contributed by atoms with Crippen molar-refractivity contribution >= 4 is 42.7 Å². The lowest BCUT2D eigenvalue weighted by Gasteiger charge is -2.29. The van der Waals surface area contributed by atoms with E-state index in [1.165, 1.54) is 28.6 Å². The lowest BCUT2D eigenvalue weighted by atomic mass is 9.98. The maximum absolute atomic E-state index is 13.1. The highest BCUT2D eigenvalue weighted by Crippen LogP contribution is 2.33. The fourth-order valence-electron chi connectivity index (χ4n) is 3.86. The van der Waals surface area contributed by atoms with Gasteiger partial charge in [0.05, 0.1) is 9.79 Å². The zero-order valence-corrected chi connectivity index (χ0v) is 19.5. The van der Waals surface area contributed by atoms with Gasteiger partial charge in [-0.05, 0) is 68.1 Å². The molecule has 3 aromatic rings. The molecule has 5 rings (SSSR count). The molecule has 1 saturated heterocycles. The monoisotopic (exact) mass is 495 g/mol. The molecule has 1 aromatic heterocycles. The summed E-state index contributed by atoms with van der Waals surface area (Å²) in [5.74, 6) is 0.616. The molecule has 0 radical (unpaired) electrons. The summed E-state index contributed by atoms with van der Waals surface area (Å²) in [6.45, 7) is 0.658. The number of hydrogen-bond acceptors (Lipinski definition) is 6. The Morgan fingerprint density at radius 3 is 2.25 bits per heavy atom. The van der Waals surface area contributed by atoms with Gasteiger partial charge in [0, 0.05) is 30.1 Å². The summed E-state index contributed by atoms with van der Waals surface area (Å²) >= 11 is 6.01. The first-order valence-electron chi connectivity index (χ1n) is 10.4. The summed E-state index contributed by atoms with van der Waals surface area (Å²) in [5.41, 5.74) is 1.35. The molecule has 2 aromatic carbocycles. The molecule has 1 saturated carbocycles. The summed E-state index contributed by atoms with van der Waals surface area (Å²) < 4.78 is 60.6. The molecule has 11 heteroatoms. The SMILES string of the molecule is O=S(=O)(NC1CC1)c1ccc(S(=O)(=O)N2CCC(c3nc4cc(Cl)ccc4o3)CC2)cc1. The molecular weight excluding hydrogens is 474 g/mol. The van der Waals surface area contributed by atoms with Crippen LogP contribution in [0.3, 0.4) is 0 Å². The highest BCUT2D eigenvalue weighted by atomic mass is 35.5. The number of rotatable bonds is 6. The molecule has 32 heavy (non-hydrogen) atoms. The number of aromatic nitrogens is 1. The van der Waals surface area contributed by atoms with Crippen molar-refractivity contribution in [1.82, 2.24) is 14.0 Å². The smallest absolute Gasteiger partial charge is 0.243 e. The molecule has 1 aliphatic heterocycles. The van der Waals surface area contributed by atoms with Gasteiger partial charge in [-0.15, -0.1) is 0 Å². The average molecular weight is 496 g/mol. The Bertz CT molecular complexity index is 1360. The van der Waals surface area contributed by atoms with Gasteiger partial charge in [-0.2, -0.15) is 4.31 Å². The highest BCUT2D eigenvalue weighted by molar-refractivity contribution is 7.89. The molecule has 0 atom stereocenters. The molecule has 170 valence electrons. The summed E-state index contributed by atoms with van der Waals surface area (Å²) in [6, 6.07) is 10.6. The number of halogens is 1. The molecule has 0 spiro atoms. The zero-order valence-electron chi connectivity index (χ0n) is 17.1. The van der Waals surface area contributed by atoms with Crippen LogP contribution in [0, 0.1) is 0 Å². The van der Waals surface area contributed by atoms with Crippen LogP contribution in [0.1, 0.15) is 37.5 Å². The fourth-order valence-corrected chi connectivity index (χ4v) is 6.81. The van der Waals surface area contributed by atoms with Gasteiger partial charge < -0.3 is 4.42 Å². The summed E-state index contributed by atoms with van der Waals surface area (Å²) in [7, 11) is -7.34. The minimum Gasteiger partial charge on any atom is -0.440 e. The van der Waals surface area contributed by atoms with Crippen molar-refractivity contribution < 1.29 is 21.3 Å². The molecule has 2 aliphatic rings. The number of oxazole rings is 1. The Kier molecular flexibility index (Phi) is 5.53. The zero-order chi connectivity index (χ0) is 22.5. The average Bonchev–Trinajstić information content (AvgIpc) is 3.48. The lowest BCUT2D eigenvalue weighted by Crippen LogP contribution is -2.38. The molecule has 1 N–H and O–H groups in total. The molecule has 0 unspecified atom stereocenters. The summed E-state index contributed by atoms with van der Waals surface area (Å²) in [4.78, 5) is 4.67. The second-order valence-electron chi connectivity index (χ2n) is 8.21. The van der Waals surface area contributed by atoms with Gasteiger partial charge >= 0.3 is 0 Å². The van der Waals surface area contributed by atoms with E-state index >= 15 is 0 Å². The van der Waals surface area contributed by atoms with E-state index in [1.807, 2.05) is 0 Å². The second kappa shape index (κ2) is 8.11. The van der Waals surface area contributed by atoms with E-state index in [0.717, 1.165) is 12.8 Å². The van der Waals surface area contributed by atoms with Gasteiger partial charge in [0.1, 0.15) is 5.52 Å². The standard InChI is InChI=1S/C21H22ClN3O5S2/c22-15-1-8-20-19(13-15)23-21(30-20)14-9-11-25(12-10-14)32(28,29)18-6-4-17(5-7-18)31(26,27)24-16-2-3-16/h1,4-8,13-14,16,24H,2-3,9-12H2. The number of benzene rings is 2. The van der Waals surface area contributed by atoms with Crippen LogP contribution >= 0.6 is 11.6 Å². The third-order valence-corrected chi connectivity index (χ3v) is 9.52. The number of fused-ring (bicyclic) bond motifs is 1. The molecule has 2 heterocycles. The predicted octanol–water partition coefficient (Wildman–Crippen LogP) is 3.49. The van der Waals surface area contributed by atoms with Crippen LogP contribution in [0.25, 0.3) is 11.1 Å². The van der Waals surface area contributed by atoms with Crippen molar-refractivity contribution in [2.75, 3.05) is 13.1 Å². The lowest BCUT2D eigenvalue weighted by molar-refractivity contribution is 0.293. The molecule has 2 fully saturated rings. The first kappa shape index (κ1) is 21.8. The number of sulfonamides is 2. The molecule has 8 nitrogen and oxygen atoms in total. The van der Waals surface area contributed by atoms with Gasteiger partial charge in [-0.25, -0.2) is 26.5 Å². The maximum Gasteiger partial charge on any atom is 0.243 e. The van der Waals surface area contributed by atoms with E-state index in [1.54, 1.807) is 18.2 Å². The van der Waals surface area contributed by atoms with Crippen molar-refractivity contribution in [1.29, 1.82) is 0 Å². The van der Waals surface area contributed by atoms with Crippen LogP contribution in [-0.2, 0) is 20.0 Å². The van der Waals surface area contributed by atoms with E-state index in [2.05, 4.69) is 9.71 Å². The highest BCUT2D eigenvalue weighted by Gasteiger charge is 2.33. The molecule has 0 amide bonds. The van der Waals surface area contributed by atoms with Crippen molar-refractivity contribution in [2.24, 2.45) is 0 Å². The van der Waals surface area contributed by atoms with Crippen LogP contribution in [-0.4, -0.2) is 45.3 Å². The van der Waals surface area contributed by atoms with Crippen molar-refractivity contribution in [3.05, 3.63) is 53.4 Å². The van der Waals surface area contributed by atoms with Crippen LogP contribution in [0.4, 0.5) is 0 Å².